The molecule has 0 radical (unpaired) electrons. The summed E-state index contributed by atoms with van der Waals surface area (Å²) >= 11 is -3.93. The third-order valence-electron chi connectivity index (χ3n) is 0.189. The Kier molecular flexibility index (Phi) is 14.5. The molecule has 140 valence electrons. The summed E-state index contributed by atoms with van der Waals surface area (Å²) in [6.07, 6.45) is 0. The van der Waals surface area contributed by atoms with Gasteiger partial charge >= 0.3 is 27.3 Å². The Labute approximate surface area is 113 Å². The Morgan fingerprint density at radius 2 is 0.636 bits per heavy atom. The van der Waals surface area contributed by atoms with Gasteiger partial charge in [-0.1, -0.05) is 0 Å². The van der Waals surface area contributed by atoms with Gasteiger partial charge in [-0.15, -0.1) is 0 Å². The van der Waals surface area contributed by atoms with E-state index in [2.05, 4.69) is 0 Å². The van der Waals surface area contributed by atoms with Gasteiger partial charge in [0.2, 0.25) is 0 Å². The Morgan fingerprint density at radius 3 is 0.636 bits per heavy atom. The van der Waals surface area contributed by atoms with E-state index in [-0.39, 0.29) is 0 Å². The van der Waals surface area contributed by atoms with Crippen LogP contribution in [0.1, 0.15) is 0 Å². The van der Waals surface area contributed by atoms with Gasteiger partial charge in [-0.3, -0.25) is 4.21 Å². The van der Waals surface area contributed by atoms with Crippen LogP contribution in [0.25, 0.3) is 0 Å². The third kappa shape index (κ3) is 232. The molecule has 2 nitrogen and oxygen atoms in total. The summed E-state index contributed by atoms with van der Waals surface area (Å²) in [4.78, 5) is 0. The standard InChI is InChI=1S/CHF3O2S.3BF4/c2-1(3,4)7(5)6;3*2-1(3,4)5/h(H,5,6);;;/q;3*-1/p-1. The molecule has 0 rings (SSSR count). The first-order valence-electron chi connectivity index (χ1n) is 3.72. The van der Waals surface area contributed by atoms with E-state index in [0.29, 0.717) is 0 Å². The van der Waals surface area contributed by atoms with Gasteiger partial charge in [0.1, 0.15) is 0 Å². The molecule has 0 aliphatic carbocycles. The minimum absolute atomic E-state index is 3.93. The highest BCUT2D eigenvalue weighted by molar-refractivity contribution is 7.80. The van der Waals surface area contributed by atoms with Crippen LogP contribution in [-0.4, -0.2) is 36.0 Å². The molecule has 0 saturated carbocycles. The maximum absolute atomic E-state index is 10.6. The van der Waals surface area contributed by atoms with Crippen LogP contribution in [0.3, 0.4) is 0 Å². The second-order valence-corrected chi connectivity index (χ2v) is 3.10. The van der Waals surface area contributed by atoms with Crippen molar-refractivity contribution in [1.29, 1.82) is 0 Å². The molecule has 22 heavy (non-hydrogen) atoms. The summed E-state index contributed by atoms with van der Waals surface area (Å²) in [5, 5.41) is 0. The van der Waals surface area contributed by atoms with Crippen molar-refractivity contribution in [3.8, 4) is 0 Å². The molecule has 0 amide bonds. The molecular formula is CB3F15O2S-4. The van der Waals surface area contributed by atoms with Crippen molar-refractivity contribution >= 4 is 32.8 Å². The minimum atomic E-state index is -6.00. The Morgan fingerprint density at radius 1 is 0.591 bits per heavy atom. The summed E-state index contributed by atoms with van der Waals surface area (Å²) in [5.41, 5.74) is -5.08. The van der Waals surface area contributed by atoms with Crippen molar-refractivity contribution < 1.29 is 73.7 Å². The van der Waals surface area contributed by atoms with Gasteiger partial charge in [0.05, 0.1) is 11.1 Å². The van der Waals surface area contributed by atoms with E-state index < -0.39 is 38.4 Å². The van der Waals surface area contributed by atoms with Crippen LogP contribution in [0.2, 0.25) is 0 Å². The van der Waals surface area contributed by atoms with E-state index in [1.807, 2.05) is 0 Å². The molecule has 0 aliphatic rings. The first kappa shape index (κ1) is 29.3. The summed E-state index contributed by atoms with van der Waals surface area (Å²) in [6.45, 7) is 0. The minimum Gasteiger partial charge on any atom is -0.766 e. The monoisotopic (exact) mass is 394 g/mol. The second-order valence-electron chi connectivity index (χ2n) is 2.17. The van der Waals surface area contributed by atoms with E-state index in [9.17, 15) is 65.0 Å². The van der Waals surface area contributed by atoms with Crippen LogP contribution in [0.4, 0.5) is 65.0 Å². The zero-order valence-electron chi connectivity index (χ0n) is 9.13. The number of hydrogen-bond acceptors (Lipinski definition) is 2. The van der Waals surface area contributed by atoms with E-state index in [4.69, 9.17) is 8.76 Å². The van der Waals surface area contributed by atoms with Gasteiger partial charge in [-0.2, -0.15) is 13.2 Å². The molecule has 0 N–H and O–H groups in total. The van der Waals surface area contributed by atoms with Gasteiger partial charge in [-0.25, -0.2) is 0 Å². The molecule has 0 bridgehead atoms. The fourth-order valence-electron chi connectivity index (χ4n) is 0. The molecule has 1 unspecified atom stereocenters. The lowest BCUT2D eigenvalue weighted by Crippen LogP contribution is -2.14. The number of halogens is 15. The van der Waals surface area contributed by atoms with Crippen LogP contribution in [0.15, 0.2) is 0 Å². The Hall–Kier alpha value is -0.745. The molecule has 0 spiro atoms. The van der Waals surface area contributed by atoms with Crippen molar-refractivity contribution in [2.45, 2.75) is 5.51 Å². The third-order valence-corrected chi connectivity index (χ3v) is 0.567. The van der Waals surface area contributed by atoms with Crippen molar-refractivity contribution in [3.63, 3.8) is 0 Å². The topological polar surface area (TPSA) is 40.1 Å². The van der Waals surface area contributed by atoms with Gasteiger partial charge in [-0.05, 0) is 0 Å². The second kappa shape index (κ2) is 10.9. The van der Waals surface area contributed by atoms with Gasteiger partial charge in [0.15, 0.2) is 0 Å². The molecule has 0 aliphatic heterocycles. The number of alkyl halides is 3. The average Bonchev–Trinajstić information content (AvgIpc) is 1.89. The largest absolute Gasteiger partial charge is 0.766 e. The summed E-state index contributed by atoms with van der Waals surface area (Å²) in [7, 11) is -18.0. The maximum Gasteiger partial charge on any atom is 0.673 e. The SMILES string of the molecule is F[B-](F)(F)F.F[B-](F)(F)F.F[B-](F)(F)F.O=S([O-])C(F)(F)F. The lowest BCUT2D eigenvalue weighted by molar-refractivity contribution is -0.0452. The van der Waals surface area contributed by atoms with Crippen LogP contribution in [-0.2, 0) is 11.1 Å². The smallest absolute Gasteiger partial charge is 0.673 e. The molecule has 0 fully saturated rings. The number of hydrogen-bond donors (Lipinski definition) is 0. The molecule has 0 aromatic heterocycles. The fourth-order valence-corrected chi connectivity index (χ4v) is 0. The quantitative estimate of drug-likeness (QED) is 0.350. The molecule has 0 aromatic rings. The van der Waals surface area contributed by atoms with Crippen LogP contribution in [0.5, 0.6) is 0 Å². The highest BCUT2D eigenvalue weighted by atomic mass is 32.2. The highest BCUT2D eigenvalue weighted by Gasteiger charge is 2.28. The molecule has 0 saturated heterocycles. The Balaban J connectivity index is -0.0000000995. The average molecular weight is 393 g/mol. The molecule has 21 heteroatoms. The molecule has 0 heterocycles. The summed E-state index contributed by atoms with van der Waals surface area (Å²) in [6, 6.07) is 0. The Bertz CT molecular complexity index is 239. The molecule has 0 aromatic carbocycles. The zero-order valence-corrected chi connectivity index (χ0v) is 9.94. The van der Waals surface area contributed by atoms with E-state index in [1.54, 1.807) is 0 Å². The van der Waals surface area contributed by atoms with Crippen molar-refractivity contribution in [1.82, 2.24) is 0 Å². The van der Waals surface area contributed by atoms with Crippen molar-refractivity contribution in [2.24, 2.45) is 0 Å². The summed E-state index contributed by atoms with van der Waals surface area (Å²) < 4.78 is 166. The first-order chi connectivity index (χ1) is 8.94. The first-order valence-corrected chi connectivity index (χ1v) is 4.80. The van der Waals surface area contributed by atoms with Gasteiger partial charge in [0, 0.05) is 0 Å². The normalized spacial score (nSPS) is 13.5. The zero-order chi connectivity index (χ0) is 19.6. The van der Waals surface area contributed by atoms with E-state index >= 15 is 0 Å². The lowest BCUT2D eigenvalue weighted by Gasteiger charge is -2.06. The number of rotatable bonds is 0. The summed E-state index contributed by atoms with van der Waals surface area (Å²) in [5.74, 6) is 0. The predicted molar refractivity (Wildman–Crippen MR) is 45.5 cm³/mol. The predicted octanol–water partition coefficient (Wildman–Crippen LogP) is 4.29. The van der Waals surface area contributed by atoms with E-state index in [0.717, 1.165) is 0 Å². The van der Waals surface area contributed by atoms with Crippen LogP contribution in [0, 0.1) is 0 Å². The molecular weight excluding hydrogens is 393 g/mol. The van der Waals surface area contributed by atoms with Crippen LogP contribution < -0.4 is 0 Å². The van der Waals surface area contributed by atoms with Crippen molar-refractivity contribution in [2.75, 3.05) is 0 Å². The highest BCUT2D eigenvalue weighted by Crippen LogP contribution is 2.16. The van der Waals surface area contributed by atoms with Crippen molar-refractivity contribution in [3.05, 3.63) is 0 Å². The van der Waals surface area contributed by atoms with Gasteiger partial charge in [0.25, 0.3) is 0 Å². The van der Waals surface area contributed by atoms with Gasteiger partial charge < -0.3 is 56.3 Å². The molecule has 1 atom stereocenters. The fraction of sp³-hybridized carbons (Fsp3) is 1.00. The van der Waals surface area contributed by atoms with Crippen LogP contribution >= 0.6 is 0 Å². The maximum atomic E-state index is 10.6. The van der Waals surface area contributed by atoms with E-state index in [1.165, 1.54) is 0 Å². The lowest BCUT2D eigenvalue weighted by atomic mass is 10.3.